The predicted molar refractivity (Wildman–Crippen MR) is 67.3 cm³/mol. The van der Waals surface area contributed by atoms with E-state index in [1.807, 2.05) is 24.3 Å². The molecule has 1 aromatic carbocycles. The monoisotopic (exact) mass is 250 g/mol. The summed E-state index contributed by atoms with van der Waals surface area (Å²) in [5, 5.41) is 9.54. The molecule has 0 aromatic heterocycles. The predicted octanol–water partition coefficient (Wildman–Crippen LogP) is 2.85. The fourth-order valence-electron chi connectivity index (χ4n) is 1.48. The van der Waals surface area contributed by atoms with E-state index in [0.29, 0.717) is 11.6 Å². The van der Waals surface area contributed by atoms with Gasteiger partial charge >= 0.3 is 0 Å². The van der Waals surface area contributed by atoms with Gasteiger partial charge < -0.3 is 4.90 Å². The van der Waals surface area contributed by atoms with Crippen molar-refractivity contribution in [2.24, 2.45) is 5.41 Å². The molecular formula is C13H15ClN2O. The van der Waals surface area contributed by atoms with Gasteiger partial charge in [-0.1, -0.05) is 29.8 Å². The topological polar surface area (TPSA) is 44.1 Å². The first-order chi connectivity index (χ1) is 7.88. The first kappa shape index (κ1) is 13.5. The summed E-state index contributed by atoms with van der Waals surface area (Å²) in [6.07, 6.45) is 0. The van der Waals surface area contributed by atoms with E-state index in [-0.39, 0.29) is 5.91 Å². The van der Waals surface area contributed by atoms with E-state index in [9.17, 15) is 4.79 Å². The molecule has 0 aliphatic rings. The molecule has 0 saturated heterocycles. The Morgan fingerprint density at radius 2 is 2.06 bits per heavy atom. The van der Waals surface area contributed by atoms with Gasteiger partial charge in [-0.2, -0.15) is 5.26 Å². The van der Waals surface area contributed by atoms with Gasteiger partial charge in [-0.3, -0.25) is 4.79 Å². The lowest BCUT2D eigenvalue weighted by molar-refractivity contribution is -0.136. The van der Waals surface area contributed by atoms with Crippen LogP contribution in [0.25, 0.3) is 0 Å². The Morgan fingerprint density at radius 1 is 1.47 bits per heavy atom. The van der Waals surface area contributed by atoms with E-state index >= 15 is 0 Å². The van der Waals surface area contributed by atoms with Crippen molar-refractivity contribution < 1.29 is 4.79 Å². The highest BCUT2D eigenvalue weighted by Crippen LogP contribution is 2.21. The van der Waals surface area contributed by atoms with Crippen LogP contribution in [0.1, 0.15) is 19.4 Å². The van der Waals surface area contributed by atoms with Gasteiger partial charge in [0.2, 0.25) is 5.91 Å². The fourth-order valence-corrected chi connectivity index (χ4v) is 1.67. The minimum absolute atomic E-state index is 0.208. The van der Waals surface area contributed by atoms with Gasteiger partial charge in [0.05, 0.1) is 6.07 Å². The molecule has 4 heteroatoms. The summed E-state index contributed by atoms with van der Waals surface area (Å²) >= 11 is 6.02. The maximum atomic E-state index is 12.0. The molecule has 0 radical (unpaired) electrons. The van der Waals surface area contributed by atoms with Crippen LogP contribution in [0.15, 0.2) is 24.3 Å². The highest BCUT2D eigenvalue weighted by Gasteiger charge is 2.30. The highest BCUT2D eigenvalue weighted by atomic mass is 35.5. The summed E-state index contributed by atoms with van der Waals surface area (Å²) in [5.74, 6) is -0.208. The molecule has 1 aromatic rings. The number of halogens is 1. The van der Waals surface area contributed by atoms with Gasteiger partial charge in [0.15, 0.2) is 0 Å². The molecule has 0 aliphatic carbocycles. The first-order valence-corrected chi connectivity index (χ1v) is 5.66. The highest BCUT2D eigenvalue weighted by molar-refractivity contribution is 6.31. The number of benzene rings is 1. The van der Waals surface area contributed by atoms with Crippen LogP contribution in [-0.4, -0.2) is 17.9 Å². The molecule has 0 N–H and O–H groups in total. The Hall–Kier alpha value is -1.53. The molecule has 1 amide bonds. The third kappa shape index (κ3) is 3.21. The lowest BCUT2D eigenvalue weighted by atomic mass is 9.94. The van der Waals surface area contributed by atoms with Crippen molar-refractivity contribution in [1.29, 1.82) is 5.26 Å². The van der Waals surface area contributed by atoms with Crippen LogP contribution in [0.2, 0.25) is 5.02 Å². The van der Waals surface area contributed by atoms with Gasteiger partial charge in [-0.15, -0.1) is 0 Å². The number of carbonyl (C=O) groups excluding carboxylic acids is 1. The van der Waals surface area contributed by atoms with Crippen molar-refractivity contribution in [3.63, 3.8) is 0 Å². The molecule has 0 bridgehead atoms. The molecule has 0 saturated carbocycles. The molecule has 90 valence electrons. The van der Waals surface area contributed by atoms with E-state index in [2.05, 4.69) is 0 Å². The molecular weight excluding hydrogens is 236 g/mol. The number of nitrogens with zero attached hydrogens (tertiary/aromatic N) is 2. The second-order valence-corrected chi connectivity index (χ2v) is 4.90. The molecule has 0 aliphatic heterocycles. The van der Waals surface area contributed by atoms with Crippen molar-refractivity contribution in [2.75, 3.05) is 7.05 Å². The molecule has 17 heavy (non-hydrogen) atoms. The van der Waals surface area contributed by atoms with Gasteiger partial charge in [-0.25, -0.2) is 0 Å². The zero-order chi connectivity index (χ0) is 13.1. The smallest absolute Gasteiger partial charge is 0.242 e. The lowest BCUT2D eigenvalue weighted by Crippen LogP contribution is -2.37. The van der Waals surface area contributed by atoms with E-state index in [1.54, 1.807) is 27.0 Å². The van der Waals surface area contributed by atoms with Crippen molar-refractivity contribution in [3.8, 4) is 6.07 Å². The SMILES string of the molecule is CN(Cc1ccccc1Cl)C(=O)C(C)(C)C#N. The van der Waals surface area contributed by atoms with Crippen LogP contribution >= 0.6 is 11.6 Å². The van der Waals surface area contributed by atoms with Crippen LogP contribution in [-0.2, 0) is 11.3 Å². The first-order valence-electron chi connectivity index (χ1n) is 5.28. The number of hydrogen-bond donors (Lipinski definition) is 0. The van der Waals surface area contributed by atoms with Crippen LogP contribution in [0.4, 0.5) is 0 Å². The van der Waals surface area contributed by atoms with E-state index in [0.717, 1.165) is 5.56 Å². The summed E-state index contributed by atoms with van der Waals surface area (Å²) in [5.41, 5.74) is -0.130. The van der Waals surface area contributed by atoms with Crippen LogP contribution in [0, 0.1) is 16.7 Å². The van der Waals surface area contributed by atoms with E-state index in [1.165, 1.54) is 4.90 Å². The molecule has 0 fully saturated rings. The largest absolute Gasteiger partial charge is 0.340 e. The molecule has 0 unspecified atom stereocenters. The molecule has 0 spiro atoms. The number of amides is 1. The maximum Gasteiger partial charge on any atom is 0.242 e. The Labute approximate surface area is 107 Å². The summed E-state index contributed by atoms with van der Waals surface area (Å²) in [6, 6.07) is 9.36. The zero-order valence-corrected chi connectivity index (χ0v) is 11.0. The fraction of sp³-hybridized carbons (Fsp3) is 0.385. The molecule has 3 nitrogen and oxygen atoms in total. The standard InChI is InChI=1S/C13H15ClN2O/c1-13(2,9-15)12(17)16(3)8-10-6-4-5-7-11(10)14/h4-7H,8H2,1-3H3. The van der Waals surface area contributed by atoms with Crippen molar-refractivity contribution in [3.05, 3.63) is 34.9 Å². The summed E-state index contributed by atoms with van der Waals surface area (Å²) in [6.45, 7) is 3.63. The van der Waals surface area contributed by atoms with Crippen LogP contribution < -0.4 is 0 Å². The number of rotatable bonds is 3. The Morgan fingerprint density at radius 3 is 2.59 bits per heavy atom. The van der Waals surface area contributed by atoms with Crippen molar-refractivity contribution in [2.45, 2.75) is 20.4 Å². The van der Waals surface area contributed by atoms with Crippen LogP contribution in [0.5, 0.6) is 0 Å². The number of hydrogen-bond acceptors (Lipinski definition) is 2. The second kappa shape index (κ2) is 5.20. The Bertz CT molecular complexity index is 463. The summed E-state index contributed by atoms with van der Waals surface area (Å²) < 4.78 is 0. The van der Waals surface area contributed by atoms with Gasteiger partial charge in [0.1, 0.15) is 5.41 Å². The minimum Gasteiger partial charge on any atom is -0.340 e. The van der Waals surface area contributed by atoms with E-state index in [4.69, 9.17) is 16.9 Å². The van der Waals surface area contributed by atoms with E-state index < -0.39 is 5.41 Å². The third-order valence-corrected chi connectivity index (χ3v) is 2.89. The Kier molecular flexibility index (Phi) is 4.14. The lowest BCUT2D eigenvalue weighted by Gasteiger charge is -2.24. The summed E-state index contributed by atoms with van der Waals surface area (Å²) in [4.78, 5) is 13.5. The Balaban J connectivity index is 2.81. The molecule has 0 heterocycles. The summed E-state index contributed by atoms with van der Waals surface area (Å²) in [7, 11) is 1.67. The van der Waals surface area contributed by atoms with Crippen molar-refractivity contribution in [1.82, 2.24) is 4.90 Å². The van der Waals surface area contributed by atoms with Gasteiger partial charge in [-0.05, 0) is 25.5 Å². The average molecular weight is 251 g/mol. The van der Waals surface area contributed by atoms with Gasteiger partial charge in [0.25, 0.3) is 0 Å². The number of nitriles is 1. The third-order valence-electron chi connectivity index (χ3n) is 2.53. The van der Waals surface area contributed by atoms with Gasteiger partial charge in [0, 0.05) is 18.6 Å². The quantitative estimate of drug-likeness (QED) is 0.828. The zero-order valence-electron chi connectivity index (χ0n) is 10.2. The average Bonchev–Trinajstić information content (AvgIpc) is 2.31. The minimum atomic E-state index is -1.00. The van der Waals surface area contributed by atoms with Crippen molar-refractivity contribution >= 4 is 17.5 Å². The number of carbonyl (C=O) groups is 1. The normalized spacial score (nSPS) is 10.8. The maximum absolute atomic E-state index is 12.0. The molecule has 1 rings (SSSR count). The van der Waals surface area contributed by atoms with Crippen LogP contribution in [0.3, 0.4) is 0 Å². The molecule has 0 atom stereocenters. The second-order valence-electron chi connectivity index (χ2n) is 4.49.